The van der Waals surface area contributed by atoms with Crippen molar-refractivity contribution in [3.63, 3.8) is 0 Å². The van der Waals surface area contributed by atoms with Crippen molar-refractivity contribution in [3.8, 4) is 5.75 Å². The predicted octanol–water partition coefficient (Wildman–Crippen LogP) is 2.63. The largest absolute Gasteiger partial charge is 0.508 e. The quantitative estimate of drug-likeness (QED) is 0.808. The Labute approximate surface area is 95.1 Å². The smallest absolute Gasteiger partial charge is 0.115 e. The summed E-state index contributed by atoms with van der Waals surface area (Å²) in [6.07, 6.45) is 3.81. The maximum Gasteiger partial charge on any atom is 0.115 e. The number of rotatable bonds is 2. The zero-order chi connectivity index (χ0) is 10.5. The van der Waals surface area contributed by atoms with E-state index in [2.05, 4.69) is 5.32 Å². The van der Waals surface area contributed by atoms with Gasteiger partial charge in [-0.2, -0.15) is 0 Å². The average Bonchev–Trinajstić information content (AvgIpc) is 2.50. The predicted molar refractivity (Wildman–Crippen MR) is 64.5 cm³/mol. The summed E-state index contributed by atoms with van der Waals surface area (Å²) >= 11 is 1.94. The van der Waals surface area contributed by atoms with Gasteiger partial charge in [-0.05, 0) is 56.6 Å². The van der Waals surface area contributed by atoms with Crippen molar-refractivity contribution in [2.24, 2.45) is 0 Å². The monoisotopic (exact) mass is 223 g/mol. The van der Waals surface area contributed by atoms with Gasteiger partial charge in [0.05, 0.1) is 0 Å². The second kappa shape index (κ2) is 5.42. The highest BCUT2D eigenvalue weighted by molar-refractivity contribution is 8.00. The van der Waals surface area contributed by atoms with Gasteiger partial charge >= 0.3 is 0 Å². The van der Waals surface area contributed by atoms with Crippen LogP contribution in [0.2, 0.25) is 0 Å². The Morgan fingerprint density at radius 3 is 2.73 bits per heavy atom. The second-order valence-corrected chi connectivity index (χ2v) is 5.29. The van der Waals surface area contributed by atoms with Gasteiger partial charge in [0, 0.05) is 10.1 Å². The van der Waals surface area contributed by atoms with Crippen LogP contribution in [-0.2, 0) is 0 Å². The van der Waals surface area contributed by atoms with Gasteiger partial charge in [-0.15, -0.1) is 11.8 Å². The Bertz CT molecular complexity index is 291. The first-order valence-corrected chi connectivity index (χ1v) is 6.39. The summed E-state index contributed by atoms with van der Waals surface area (Å²) in [5.74, 6) is 0.349. The first kappa shape index (κ1) is 10.8. The highest BCUT2D eigenvalue weighted by Crippen LogP contribution is 2.29. The van der Waals surface area contributed by atoms with Crippen molar-refractivity contribution in [2.45, 2.75) is 29.4 Å². The first-order valence-electron chi connectivity index (χ1n) is 5.51. The minimum atomic E-state index is 0.349. The molecule has 82 valence electrons. The molecule has 1 atom stereocenters. The second-order valence-electron chi connectivity index (χ2n) is 3.91. The standard InChI is InChI=1S/C12H17NOS/c14-10-3-5-12(6-4-10)15-11-2-1-8-13-9-7-11/h3-6,11,13-14H,1-2,7-9H2. The third-order valence-electron chi connectivity index (χ3n) is 2.66. The molecule has 2 N–H and O–H groups in total. The minimum Gasteiger partial charge on any atom is -0.508 e. The van der Waals surface area contributed by atoms with Crippen molar-refractivity contribution in [3.05, 3.63) is 24.3 Å². The Hall–Kier alpha value is -0.670. The molecule has 0 spiro atoms. The average molecular weight is 223 g/mol. The molecule has 15 heavy (non-hydrogen) atoms. The molecule has 0 radical (unpaired) electrons. The van der Waals surface area contributed by atoms with E-state index in [-0.39, 0.29) is 0 Å². The number of hydrogen-bond acceptors (Lipinski definition) is 3. The van der Waals surface area contributed by atoms with Crippen LogP contribution in [0.3, 0.4) is 0 Å². The Kier molecular flexibility index (Phi) is 3.92. The molecule has 1 saturated heterocycles. The van der Waals surface area contributed by atoms with Crippen LogP contribution >= 0.6 is 11.8 Å². The number of aromatic hydroxyl groups is 1. The number of benzene rings is 1. The molecular weight excluding hydrogens is 206 g/mol. The van der Waals surface area contributed by atoms with Gasteiger partial charge in [0.1, 0.15) is 5.75 Å². The van der Waals surface area contributed by atoms with E-state index in [1.807, 2.05) is 23.9 Å². The van der Waals surface area contributed by atoms with E-state index in [0.29, 0.717) is 5.75 Å². The molecule has 0 amide bonds. The molecule has 1 aliphatic rings. The number of nitrogens with one attached hydrogen (secondary N) is 1. The number of phenolic OH excluding ortho intramolecular Hbond substituents is 1. The van der Waals surface area contributed by atoms with Crippen LogP contribution in [0.15, 0.2) is 29.2 Å². The molecule has 1 fully saturated rings. The summed E-state index contributed by atoms with van der Waals surface area (Å²) in [6.45, 7) is 2.29. The fraction of sp³-hybridized carbons (Fsp3) is 0.500. The molecule has 0 saturated carbocycles. The van der Waals surface area contributed by atoms with Crippen molar-refractivity contribution in [1.82, 2.24) is 5.32 Å². The number of phenols is 1. The van der Waals surface area contributed by atoms with Crippen LogP contribution in [0, 0.1) is 0 Å². The number of thioether (sulfide) groups is 1. The van der Waals surface area contributed by atoms with Gasteiger partial charge in [0.25, 0.3) is 0 Å². The molecule has 2 nitrogen and oxygen atoms in total. The molecule has 0 aliphatic carbocycles. The Morgan fingerprint density at radius 1 is 1.13 bits per heavy atom. The molecule has 1 unspecified atom stereocenters. The lowest BCUT2D eigenvalue weighted by Crippen LogP contribution is -2.14. The summed E-state index contributed by atoms with van der Waals surface area (Å²) in [6, 6.07) is 7.52. The van der Waals surface area contributed by atoms with Gasteiger partial charge in [0.2, 0.25) is 0 Å². The van der Waals surface area contributed by atoms with Crippen LogP contribution < -0.4 is 5.32 Å². The molecule has 1 heterocycles. The summed E-state index contributed by atoms with van der Waals surface area (Å²) < 4.78 is 0. The normalized spacial score (nSPS) is 22.3. The van der Waals surface area contributed by atoms with Gasteiger partial charge < -0.3 is 10.4 Å². The van der Waals surface area contributed by atoms with E-state index in [9.17, 15) is 5.11 Å². The minimum absolute atomic E-state index is 0.349. The van der Waals surface area contributed by atoms with Crippen molar-refractivity contribution >= 4 is 11.8 Å². The van der Waals surface area contributed by atoms with Crippen molar-refractivity contribution in [1.29, 1.82) is 0 Å². The fourth-order valence-electron chi connectivity index (χ4n) is 1.82. The molecule has 1 aromatic rings. The molecule has 0 bridgehead atoms. The topological polar surface area (TPSA) is 32.3 Å². The molecule has 2 rings (SSSR count). The van der Waals surface area contributed by atoms with E-state index in [1.165, 1.54) is 24.2 Å². The van der Waals surface area contributed by atoms with Crippen LogP contribution in [0.4, 0.5) is 0 Å². The summed E-state index contributed by atoms with van der Waals surface area (Å²) in [7, 11) is 0. The van der Waals surface area contributed by atoms with Gasteiger partial charge in [0.15, 0.2) is 0 Å². The molecule has 1 aliphatic heterocycles. The van der Waals surface area contributed by atoms with Crippen LogP contribution in [0.25, 0.3) is 0 Å². The maximum atomic E-state index is 9.19. The SMILES string of the molecule is Oc1ccc(SC2CCCNCC2)cc1. The fourth-order valence-corrected chi connectivity index (χ4v) is 3.02. The summed E-state index contributed by atoms with van der Waals surface area (Å²) in [5, 5.41) is 13.3. The Morgan fingerprint density at radius 2 is 1.93 bits per heavy atom. The number of hydrogen-bond donors (Lipinski definition) is 2. The van der Waals surface area contributed by atoms with Crippen LogP contribution in [0.1, 0.15) is 19.3 Å². The molecule has 1 aromatic carbocycles. The molecular formula is C12H17NOS. The lowest BCUT2D eigenvalue weighted by Gasteiger charge is -2.12. The lowest BCUT2D eigenvalue weighted by atomic mass is 10.2. The molecule has 0 aromatic heterocycles. The highest BCUT2D eigenvalue weighted by Gasteiger charge is 2.12. The van der Waals surface area contributed by atoms with Crippen LogP contribution in [-0.4, -0.2) is 23.4 Å². The maximum absolute atomic E-state index is 9.19. The zero-order valence-corrected chi connectivity index (χ0v) is 9.59. The van der Waals surface area contributed by atoms with Gasteiger partial charge in [-0.1, -0.05) is 0 Å². The van der Waals surface area contributed by atoms with E-state index in [0.717, 1.165) is 18.3 Å². The van der Waals surface area contributed by atoms with Crippen LogP contribution in [0.5, 0.6) is 5.75 Å². The van der Waals surface area contributed by atoms with E-state index in [4.69, 9.17) is 0 Å². The first-order chi connectivity index (χ1) is 7.34. The van der Waals surface area contributed by atoms with Gasteiger partial charge in [-0.3, -0.25) is 0 Å². The van der Waals surface area contributed by atoms with E-state index >= 15 is 0 Å². The van der Waals surface area contributed by atoms with E-state index in [1.54, 1.807) is 12.1 Å². The van der Waals surface area contributed by atoms with E-state index < -0.39 is 0 Å². The Balaban J connectivity index is 1.92. The van der Waals surface area contributed by atoms with Gasteiger partial charge in [-0.25, -0.2) is 0 Å². The zero-order valence-electron chi connectivity index (χ0n) is 8.78. The summed E-state index contributed by atoms with van der Waals surface area (Å²) in [5.41, 5.74) is 0. The van der Waals surface area contributed by atoms with Crippen molar-refractivity contribution < 1.29 is 5.11 Å². The third-order valence-corrected chi connectivity index (χ3v) is 4.01. The highest BCUT2D eigenvalue weighted by atomic mass is 32.2. The lowest BCUT2D eigenvalue weighted by molar-refractivity contribution is 0.475. The van der Waals surface area contributed by atoms with Crippen molar-refractivity contribution in [2.75, 3.05) is 13.1 Å². The molecule has 3 heteroatoms. The third kappa shape index (κ3) is 3.43. The summed E-state index contributed by atoms with van der Waals surface area (Å²) in [4.78, 5) is 1.26.